The molecule has 6 nitrogen and oxygen atoms in total. The van der Waals surface area contributed by atoms with Crippen LogP contribution in [0.4, 0.5) is 0 Å². The van der Waals surface area contributed by atoms with Crippen LogP contribution in [0.1, 0.15) is 40.0 Å². The van der Waals surface area contributed by atoms with Gasteiger partial charge in [-0.25, -0.2) is 9.78 Å². The second kappa shape index (κ2) is 6.72. The topological polar surface area (TPSA) is 80.9 Å². The quantitative estimate of drug-likeness (QED) is 0.773. The lowest BCUT2D eigenvalue weighted by molar-refractivity contribution is 0.0696. The number of carboxylic acids is 1. The van der Waals surface area contributed by atoms with Gasteiger partial charge >= 0.3 is 5.97 Å². The molecule has 0 atom stereocenters. The van der Waals surface area contributed by atoms with Gasteiger partial charge in [-0.1, -0.05) is 18.2 Å². The molecule has 4 rings (SSSR count). The number of allylic oxidation sites excluding steroid dienone is 1. The number of rotatable bonds is 3. The molecule has 0 fully saturated rings. The van der Waals surface area contributed by atoms with Crippen molar-refractivity contribution in [3.05, 3.63) is 75.3 Å². The van der Waals surface area contributed by atoms with Crippen LogP contribution in [-0.2, 0) is 6.42 Å². The van der Waals surface area contributed by atoms with E-state index in [4.69, 9.17) is 4.74 Å². The largest absolute Gasteiger partial charge is 0.496 e. The molecule has 0 aliphatic heterocycles. The van der Waals surface area contributed by atoms with E-state index in [-0.39, 0.29) is 11.1 Å². The van der Waals surface area contributed by atoms with Gasteiger partial charge in [-0.3, -0.25) is 9.20 Å². The maximum Gasteiger partial charge on any atom is 0.337 e. The van der Waals surface area contributed by atoms with Gasteiger partial charge < -0.3 is 9.84 Å². The molecule has 0 spiro atoms. The molecule has 2 heterocycles. The number of nitrogens with zero attached hydrogens (tertiary/aromatic N) is 2. The van der Waals surface area contributed by atoms with Gasteiger partial charge in [0, 0.05) is 17.3 Å². The molecular weight excluding hydrogens is 344 g/mol. The highest BCUT2D eigenvalue weighted by Crippen LogP contribution is 2.31. The van der Waals surface area contributed by atoms with Crippen LogP contribution in [0.3, 0.4) is 0 Å². The summed E-state index contributed by atoms with van der Waals surface area (Å²) in [6.07, 6.45) is 5.65. The Morgan fingerprint density at radius 1 is 1.22 bits per heavy atom. The highest BCUT2D eigenvalue weighted by molar-refractivity contribution is 5.88. The summed E-state index contributed by atoms with van der Waals surface area (Å²) in [5, 5.41) is 9.17. The van der Waals surface area contributed by atoms with Crippen molar-refractivity contribution in [2.75, 3.05) is 7.11 Å². The summed E-state index contributed by atoms with van der Waals surface area (Å²) in [7, 11) is 1.63. The second-order valence-corrected chi connectivity index (χ2v) is 6.46. The molecule has 0 bridgehead atoms. The fraction of sp³-hybridized carbons (Fsp3) is 0.190. The first kappa shape index (κ1) is 17.0. The van der Waals surface area contributed by atoms with E-state index in [1.807, 2.05) is 30.3 Å². The maximum atomic E-state index is 12.9. The van der Waals surface area contributed by atoms with Crippen molar-refractivity contribution >= 4 is 23.3 Å². The number of aromatic nitrogens is 2. The molecule has 27 heavy (non-hydrogen) atoms. The number of carbonyl (C=O) groups is 1. The lowest BCUT2D eigenvalue weighted by Gasteiger charge is -2.19. The van der Waals surface area contributed by atoms with E-state index in [1.54, 1.807) is 13.2 Å². The third kappa shape index (κ3) is 2.99. The Labute approximate surface area is 155 Å². The average Bonchev–Trinajstić information content (AvgIpc) is 2.69. The number of fused-ring (bicyclic) bond motifs is 2. The van der Waals surface area contributed by atoms with Gasteiger partial charge in [0.2, 0.25) is 0 Å². The van der Waals surface area contributed by atoms with Crippen molar-refractivity contribution in [2.45, 2.75) is 19.3 Å². The van der Waals surface area contributed by atoms with Gasteiger partial charge in [0.1, 0.15) is 11.4 Å². The summed E-state index contributed by atoms with van der Waals surface area (Å²) in [5.74, 6) is -0.306. The highest BCUT2D eigenvalue weighted by atomic mass is 16.5. The third-order valence-corrected chi connectivity index (χ3v) is 4.81. The van der Waals surface area contributed by atoms with Crippen LogP contribution in [0.2, 0.25) is 0 Å². The number of benzene rings is 1. The first-order valence-electron chi connectivity index (χ1n) is 8.71. The van der Waals surface area contributed by atoms with Gasteiger partial charge in [-0.15, -0.1) is 0 Å². The van der Waals surface area contributed by atoms with Gasteiger partial charge in [-0.2, -0.15) is 0 Å². The molecular formula is C21H18N2O4. The molecule has 0 radical (unpaired) electrons. The van der Waals surface area contributed by atoms with E-state index in [9.17, 15) is 14.7 Å². The smallest absolute Gasteiger partial charge is 0.337 e. The maximum absolute atomic E-state index is 12.9. The van der Waals surface area contributed by atoms with E-state index in [0.29, 0.717) is 23.3 Å². The molecule has 1 aliphatic rings. The van der Waals surface area contributed by atoms with Crippen molar-refractivity contribution in [1.82, 2.24) is 9.38 Å². The Morgan fingerprint density at radius 3 is 2.81 bits per heavy atom. The summed E-state index contributed by atoms with van der Waals surface area (Å²) in [6, 6.07) is 10.7. The van der Waals surface area contributed by atoms with Crippen molar-refractivity contribution in [3.63, 3.8) is 0 Å². The molecule has 6 heteroatoms. The van der Waals surface area contributed by atoms with Crippen LogP contribution < -0.4 is 10.3 Å². The van der Waals surface area contributed by atoms with Crippen LogP contribution in [0.5, 0.6) is 5.75 Å². The zero-order chi connectivity index (χ0) is 19.0. The molecule has 136 valence electrons. The van der Waals surface area contributed by atoms with Crippen molar-refractivity contribution in [2.24, 2.45) is 0 Å². The molecule has 3 aromatic rings. The number of methoxy groups -OCH3 is 1. The zero-order valence-electron chi connectivity index (χ0n) is 14.8. The van der Waals surface area contributed by atoms with Crippen molar-refractivity contribution < 1.29 is 14.6 Å². The third-order valence-electron chi connectivity index (χ3n) is 4.81. The van der Waals surface area contributed by atoms with Crippen LogP contribution in [-0.4, -0.2) is 27.6 Å². The standard InChI is InChI=1S/C21H18N2O4/c1-27-17-8-3-2-5-13(17)11-14-6-4-7-16-19(14)22-18-10-9-15(21(25)26)12-23(18)20(16)24/h2-3,5,8-12H,4,6-7H2,1H3,(H,25,26)/b14-11-. The Bertz CT molecular complexity index is 1140. The van der Waals surface area contributed by atoms with Gasteiger partial charge in [0.25, 0.3) is 5.56 Å². The minimum atomic E-state index is -1.07. The molecule has 2 aromatic heterocycles. The zero-order valence-corrected chi connectivity index (χ0v) is 14.8. The summed E-state index contributed by atoms with van der Waals surface area (Å²) < 4.78 is 6.75. The predicted octanol–water partition coefficient (Wildman–Crippen LogP) is 3.28. The average molecular weight is 362 g/mol. The van der Waals surface area contributed by atoms with E-state index in [1.165, 1.54) is 16.7 Å². The van der Waals surface area contributed by atoms with Gasteiger partial charge in [0.15, 0.2) is 0 Å². The number of pyridine rings is 1. The van der Waals surface area contributed by atoms with Crippen LogP contribution >= 0.6 is 0 Å². The monoisotopic (exact) mass is 362 g/mol. The minimum Gasteiger partial charge on any atom is -0.496 e. The SMILES string of the molecule is COc1ccccc1/C=C1/CCCc2c1nc1ccc(C(=O)O)cn1c2=O. The number of ether oxygens (including phenoxy) is 1. The number of aromatic carboxylic acids is 1. The summed E-state index contributed by atoms with van der Waals surface area (Å²) in [4.78, 5) is 28.8. The fourth-order valence-electron chi connectivity index (χ4n) is 3.48. The van der Waals surface area contributed by atoms with E-state index in [0.717, 1.165) is 29.7 Å². The highest BCUT2D eigenvalue weighted by Gasteiger charge is 2.21. The molecule has 1 N–H and O–H groups in total. The molecule has 1 aromatic carbocycles. The van der Waals surface area contributed by atoms with Crippen molar-refractivity contribution in [1.29, 1.82) is 0 Å². The van der Waals surface area contributed by atoms with E-state index < -0.39 is 5.97 Å². The molecule has 0 amide bonds. The lowest BCUT2D eigenvalue weighted by Crippen LogP contribution is -2.25. The van der Waals surface area contributed by atoms with Crippen LogP contribution in [0, 0.1) is 0 Å². The minimum absolute atomic E-state index is 0.0620. The fourth-order valence-corrected chi connectivity index (χ4v) is 3.48. The second-order valence-electron chi connectivity index (χ2n) is 6.46. The summed E-state index contributed by atoms with van der Waals surface area (Å²) in [5.41, 5.74) is 3.55. The van der Waals surface area contributed by atoms with Gasteiger partial charge in [-0.05, 0) is 49.1 Å². The first-order valence-corrected chi connectivity index (χ1v) is 8.71. The lowest BCUT2D eigenvalue weighted by atomic mass is 9.90. The Kier molecular flexibility index (Phi) is 4.24. The molecule has 0 unspecified atom stereocenters. The number of hydrogen-bond acceptors (Lipinski definition) is 4. The number of hydrogen-bond donors (Lipinski definition) is 1. The number of carboxylic acid groups (broad SMARTS) is 1. The Hall–Kier alpha value is -3.41. The van der Waals surface area contributed by atoms with Crippen LogP contribution in [0.25, 0.3) is 17.3 Å². The normalized spacial score (nSPS) is 14.9. The predicted molar refractivity (Wildman–Crippen MR) is 102 cm³/mol. The Morgan fingerprint density at radius 2 is 2.04 bits per heavy atom. The molecule has 0 saturated heterocycles. The Balaban J connectivity index is 1.91. The molecule has 1 aliphatic carbocycles. The summed E-state index contributed by atoms with van der Waals surface area (Å²) >= 11 is 0. The van der Waals surface area contributed by atoms with Gasteiger partial charge in [0.05, 0.1) is 18.4 Å². The first-order chi connectivity index (χ1) is 13.1. The van der Waals surface area contributed by atoms with E-state index >= 15 is 0 Å². The number of para-hydroxylation sites is 1. The van der Waals surface area contributed by atoms with Crippen LogP contribution in [0.15, 0.2) is 47.4 Å². The van der Waals surface area contributed by atoms with Crippen molar-refractivity contribution in [3.8, 4) is 5.75 Å². The van der Waals surface area contributed by atoms with E-state index in [2.05, 4.69) is 4.98 Å². The molecule has 0 saturated carbocycles. The summed E-state index contributed by atoms with van der Waals surface area (Å²) in [6.45, 7) is 0.